The molecule has 0 aromatic heterocycles. The van der Waals surface area contributed by atoms with Crippen LogP contribution in [0.15, 0.2) is 0 Å². The number of sulfone groups is 2. The van der Waals surface area contributed by atoms with Crippen LogP contribution in [-0.2, 0) is 24.5 Å². The Morgan fingerprint density at radius 1 is 0.731 bits per heavy atom. The fraction of sp³-hybridized carbons (Fsp3) is 0.944. The van der Waals surface area contributed by atoms with Crippen LogP contribution in [0.25, 0.3) is 0 Å². The lowest BCUT2D eigenvalue weighted by Gasteiger charge is -2.09. The maximum absolute atomic E-state index is 12.0. The van der Waals surface area contributed by atoms with Crippen molar-refractivity contribution in [3.8, 4) is 0 Å². The Morgan fingerprint density at radius 3 is 1.62 bits per heavy atom. The van der Waals surface area contributed by atoms with Gasteiger partial charge in [0.2, 0.25) is 5.91 Å². The van der Waals surface area contributed by atoms with E-state index in [-0.39, 0.29) is 11.5 Å². The molecule has 0 saturated heterocycles. The zero-order valence-electron chi connectivity index (χ0n) is 16.4. The molecule has 8 heteroatoms. The number of hydrogen-bond acceptors (Lipinski definition) is 5. The number of nitrogens with two attached hydrogens (primary N) is 1. The summed E-state index contributed by atoms with van der Waals surface area (Å²) >= 11 is 0. The molecular weight excluding hydrogens is 374 g/mol. The number of carbonyl (C=O) groups is 1. The van der Waals surface area contributed by atoms with Crippen LogP contribution in [-0.4, -0.2) is 45.8 Å². The van der Waals surface area contributed by atoms with E-state index in [0.29, 0.717) is 6.42 Å². The summed E-state index contributed by atoms with van der Waals surface area (Å²) in [5.41, 5.74) is 5.05. The van der Waals surface area contributed by atoms with Crippen molar-refractivity contribution >= 4 is 25.6 Å². The normalized spacial score (nSPS) is 13.6. The molecule has 0 aliphatic heterocycles. The Bertz CT molecular complexity index is 585. The minimum absolute atomic E-state index is 0.0321. The van der Waals surface area contributed by atoms with Crippen molar-refractivity contribution in [1.29, 1.82) is 0 Å². The minimum Gasteiger partial charge on any atom is -0.369 e. The maximum Gasteiger partial charge on any atom is 0.221 e. The quantitative estimate of drug-likeness (QED) is 0.370. The van der Waals surface area contributed by atoms with Crippen molar-refractivity contribution in [1.82, 2.24) is 0 Å². The monoisotopic (exact) mass is 411 g/mol. The molecule has 0 bridgehead atoms. The summed E-state index contributed by atoms with van der Waals surface area (Å²) in [6, 6.07) is 0. The molecule has 26 heavy (non-hydrogen) atoms. The molecule has 0 saturated carbocycles. The van der Waals surface area contributed by atoms with Gasteiger partial charge in [0.15, 0.2) is 19.7 Å². The molecule has 2 N–H and O–H groups in total. The van der Waals surface area contributed by atoms with Crippen molar-refractivity contribution in [2.24, 2.45) is 11.7 Å². The first kappa shape index (κ1) is 25.4. The summed E-state index contributed by atoms with van der Waals surface area (Å²) in [6.45, 7) is 3.63. The van der Waals surface area contributed by atoms with E-state index in [9.17, 15) is 21.6 Å². The summed E-state index contributed by atoms with van der Waals surface area (Å²) in [5.74, 6) is -2.67. The van der Waals surface area contributed by atoms with E-state index in [4.69, 9.17) is 5.73 Å². The van der Waals surface area contributed by atoms with E-state index < -0.39 is 43.0 Å². The lowest BCUT2D eigenvalue weighted by Crippen LogP contribution is -2.30. The minimum atomic E-state index is -3.59. The topological polar surface area (TPSA) is 111 Å². The van der Waals surface area contributed by atoms with Gasteiger partial charge in [0.1, 0.15) is 0 Å². The molecule has 0 aromatic rings. The molecule has 0 aliphatic carbocycles. The van der Waals surface area contributed by atoms with Crippen LogP contribution >= 0.6 is 0 Å². The van der Waals surface area contributed by atoms with E-state index >= 15 is 0 Å². The van der Waals surface area contributed by atoms with Gasteiger partial charge in [-0.25, -0.2) is 16.8 Å². The predicted molar refractivity (Wildman–Crippen MR) is 108 cm³/mol. The van der Waals surface area contributed by atoms with Crippen LogP contribution in [0.5, 0.6) is 0 Å². The number of primary amides is 1. The summed E-state index contributed by atoms with van der Waals surface area (Å²) in [6.07, 6.45) is 11.2. The van der Waals surface area contributed by atoms with Crippen molar-refractivity contribution in [3.63, 3.8) is 0 Å². The molecule has 1 atom stereocenters. The van der Waals surface area contributed by atoms with Crippen molar-refractivity contribution in [2.45, 2.75) is 78.1 Å². The van der Waals surface area contributed by atoms with Gasteiger partial charge in [-0.05, 0) is 6.42 Å². The molecule has 0 aromatic carbocycles. The molecular formula is C18H37NO5S2. The summed E-state index contributed by atoms with van der Waals surface area (Å²) in [5, 5.41) is 0. The number of rotatable bonds is 17. The molecule has 0 spiro atoms. The highest BCUT2D eigenvalue weighted by Gasteiger charge is 2.22. The lowest BCUT2D eigenvalue weighted by molar-refractivity contribution is -0.120. The van der Waals surface area contributed by atoms with Crippen molar-refractivity contribution in [3.05, 3.63) is 0 Å². The molecule has 0 fully saturated rings. The second kappa shape index (κ2) is 13.5. The largest absolute Gasteiger partial charge is 0.369 e. The van der Waals surface area contributed by atoms with Crippen molar-refractivity contribution < 1.29 is 21.6 Å². The lowest BCUT2D eigenvalue weighted by atomic mass is 10.1. The Kier molecular flexibility index (Phi) is 13.2. The van der Waals surface area contributed by atoms with E-state index in [1.807, 2.05) is 0 Å². The van der Waals surface area contributed by atoms with Crippen LogP contribution in [0.4, 0.5) is 0 Å². The summed E-state index contributed by atoms with van der Waals surface area (Å²) < 4.78 is 47.7. The van der Waals surface area contributed by atoms with Gasteiger partial charge in [0.25, 0.3) is 0 Å². The predicted octanol–water partition coefficient (Wildman–Crippen LogP) is 2.86. The Labute approximate surface area is 160 Å². The molecule has 6 nitrogen and oxygen atoms in total. The number of amides is 1. The number of unbranched alkanes of at least 4 members (excludes halogenated alkanes) is 9. The highest BCUT2D eigenvalue weighted by molar-refractivity contribution is 7.95. The van der Waals surface area contributed by atoms with Gasteiger partial charge in [-0.3, -0.25) is 4.79 Å². The summed E-state index contributed by atoms with van der Waals surface area (Å²) in [4.78, 5) is 10.9. The molecule has 1 amide bonds. The van der Waals surface area contributed by atoms with E-state index in [2.05, 4.69) is 6.92 Å². The van der Waals surface area contributed by atoms with Crippen LogP contribution in [0.2, 0.25) is 0 Å². The zero-order chi connectivity index (χ0) is 20.1. The van der Waals surface area contributed by atoms with Crippen LogP contribution in [0, 0.1) is 5.92 Å². The molecule has 0 radical (unpaired) electrons. The summed E-state index contributed by atoms with van der Waals surface area (Å²) in [7, 11) is -6.97. The Balaban J connectivity index is 3.87. The standard InChI is InChI=1S/C18H37NO5S2/c1-3-4-5-6-7-8-9-10-11-12-13-25(21,22)14-15-26(23,24)16-17(2)18(19)20/h17H,3-16H2,1-2H3,(H2,19,20)/t17-/m1/s1. The number of hydrogen-bond donors (Lipinski definition) is 1. The fourth-order valence-electron chi connectivity index (χ4n) is 2.71. The maximum atomic E-state index is 12.0. The van der Waals surface area contributed by atoms with Gasteiger partial charge in [0, 0.05) is 5.92 Å². The average Bonchev–Trinajstić information content (AvgIpc) is 2.54. The van der Waals surface area contributed by atoms with Gasteiger partial charge in [0.05, 0.1) is 23.0 Å². The highest BCUT2D eigenvalue weighted by atomic mass is 32.2. The van der Waals surface area contributed by atoms with E-state index in [1.165, 1.54) is 45.4 Å². The second-order valence-corrected chi connectivity index (χ2v) is 11.8. The van der Waals surface area contributed by atoms with Gasteiger partial charge in [-0.15, -0.1) is 0 Å². The Hall–Kier alpha value is -0.630. The molecule has 0 aliphatic rings. The first-order valence-corrected chi connectivity index (χ1v) is 13.4. The van der Waals surface area contributed by atoms with Crippen LogP contribution < -0.4 is 5.73 Å². The molecule has 0 heterocycles. The highest BCUT2D eigenvalue weighted by Crippen LogP contribution is 2.11. The third-order valence-corrected chi connectivity index (χ3v) is 8.33. The van der Waals surface area contributed by atoms with Crippen LogP contribution in [0.1, 0.15) is 78.1 Å². The third kappa shape index (κ3) is 14.5. The molecule has 156 valence electrons. The van der Waals surface area contributed by atoms with Crippen LogP contribution in [0.3, 0.4) is 0 Å². The Morgan fingerprint density at radius 2 is 1.15 bits per heavy atom. The van der Waals surface area contributed by atoms with Gasteiger partial charge < -0.3 is 5.73 Å². The number of carbonyl (C=O) groups excluding carboxylic acids is 1. The second-order valence-electron chi connectivity index (χ2n) is 7.25. The van der Waals surface area contributed by atoms with E-state index in [0.717, 1.165) is 19.3 Å². The van der Waals surface area contributed by atoms with Gasteiger partial charge >= 0.3 is 0 Å². The molecule has 0 unspecified atom stereocenters. The first-order valence-electron chi connectivity index (χ1n) is 9.80. The fourth-order valence-corrected chi connectivity index (χ4v) is 6.68. The average molecular weight is 412 g/mol. The molecule has 0 rings (SSSR count). The van der Waals surface area contributed by atoms with Gasteiger partial charge in [-0.2, -0.15) is 0 Å². The smallest absolute Gasteiger partial charge is 0.221 e. The first-order chi connectivity index (χ1) is 12.1. The zero-order valence-corrected chi connectivity index (χ0v) is 18.0. The van der Waals surface area contributed by atoms with Crippen molar-refractivity contribution in [2.75, 3.05) is 23.0 Å². The van der Waals surface area contributed by atoms with Gasteiger partial charge in [-0.1, -0.05) is 71.6 Å². The van der Waals surface area contributed by atoms with E-state index in [1.54, 1.807) is 0 Å². The third-order valence-electron chi connectivity index (χ3n) is 4.50. The SMILES string of the molecule is CCCCCCCCCCCCS(=O)(=O)CCS(=O)(=O)C[C@@H](C)C(N)=O.